The van der Waals surface area contributed by atoms with Crippen molar-refractivity contribution in [2.45, 2.75) is 50.7 Å². The van der Waals surface area contributed by atoms with E-state index in [1.165, 1.54) is 0 Å². The molecule has 0 aliphatic carbocycles. The number of carboxylic acid groups (broad SMARTS) is 1. The maximum Gasteiger partial charge on any atom is 0.320 e. The molecule has 0 aromatic heterocycles. The Bertz CT molecular complexity index is 303. The lowest BCUT2D eigenvalue weighted by atomic mass is 10.0. The normalized spacial score (nSPS) is 28.6. The summed E-state index contributed by atoms with van der Waals surface area (Å²) in [5.74, 6) is -0.646. The third kappa shape index (κ3) is 3.46. The lowest BCUT2D eigenvalue weighted by molar-refractivity contribution is -0.143. The summed E-state index contributed by atoms with van der Waals surface area (Å²) < 4.78 is 5.20. The molecule has 0 spiro atoms. The molecule has 2 fully saturated rings. The van der Waals surface area contributed by atoms with Crippen LogP contribution in [0.5, 0.6) is 0 Å². The Labute approximate surface area is 115 Å². The minimum Gasteiger partial charge on any atom is -0.480 e. The zero-order valence-electron chi connectivity index (χ0n) is 12.0. The van der Waals surface area contributed by atoms with E-state index in [1.54, 1.807) is 7.11 Å². The first kappa shape index (κ1) is 14.8. The highest BCUT2D eigenvalue weighted by atomic mass is 16.5. The van der Waals surface area contributed by atoms with Gasteiger partial charge in [0.05, 0.1) is 6.61 Å². The molecule has 2 unspecified atom stereocenters. The Hall–Kier alpha value is -0.650. The smallest absolute Gasteiger partial charge is 0.320 e. The van der Waals surface area contributed by atoms with Crippen molar-refractivity contribution in [2.75, 3.05) is 33.4 Å². The van der Waals surface area contributed by atoms with Crippen LogP contribution in [0.1, 0.15) is 32.6 Å². The van der Waals surface area contributed by atoms with Crippen LogP contribution in [-0.2, 0) is 9.53 Å². The van der Waals surface area contributed by atoms with E-state index in [4.69, 9.17) is 4.74 Å². The highest BCUT2D eigenvalue weighted by molar-refractivity contribution is 5.73. The summed E-state index contributed by atoms with van der Waals surface area (Å²) in [5, 5.41) is 9.26. The first-order valence-corrected chi connectivity index (χ1v) is 7.35. The van der Waals surface area contributed by atoms with E-state index in [0.29, 0.717) is 12.1 Å². The molecule has 2 rings (SSSR count). The monoisotopic (exact) mass is 270 g/mol. The fourth-order valence-corrected chi connectivity index (χ4v) is 3.50. The predicted molar refractivity (Wildman–Crippen MR) is 73.3 cm³/mol. The van der Waals surface area contributed by atoms with Gasteiger partial charge in [-0.05, 0) is 52.2 Å². The molecule has 2 atom stereocenters. The molecule has 2 aliphatic heterocycles. The molecule has 2 saturated heterocycles. The first-order valence-electron chi connectivity index (χ1n) is 7.35. The van der Waals surface area contributed by atoms with Crippen molar-refractivity contribution in [1.29, 1.82) is 0 Å². The van der Waals surface area contributed by atoms with Crippen molar-refractivity contribution >= 4 is 5.97 Å². The highest BCUT2D eigenvalue weighted by Crippen LogP contribution is 2.26. The van der Waals surface area contributed by atoms with Gasteiger partial charge >= 0.3 is 5.97 Å². The van der Waals surface area contributed by atoms with Gasteiger partial charge in [-0.2, -0.15) is 0 Å². The van der Waals surface area contributed by atoms with Crippen LogP contribution in [0.25, 0.3) is 0 Å². The number of likely N-dealkylation sites (tertiary alicyclic amines) is 2. The maximum absolute atomic E-state index is 11.2. The number of nitrogens with zero attached hydrogens (tertiary/aromatic N) is 2. The van der Waals surface area contributed by atoms with Crippen LogP contribution >= 0.6 is 0 Å². The number of piperidine rings is 1. The topological polar surface area (TPSA) is 53.0 Å². The van der Waals surface area contributed by atoms with Crippen LogP contribution in [0.15, 0.2) is 0 Å². The molecular formula is C14H26N2O3. The second-order valence-electron chi connectivity index (χ2n) is 5.81. The van der Waals surface area contributed by atoms with Crippen molar-refractivity contribution in [3.8, 4) is 0 Å². The Balaban J connectivity index is 1.84. The Kier molecular flexibility index (Phi) is 5.19. The largest absolute Gasteiger partial charge is 0.480 e. The second-order valence-corrected chi connectivity index (χ2v) is 5.81. The molecule has 0 aromatic rings. The number of carbonyl (C=O) groups is 1. The van der Waals surface area contributed by atoms with Gasteiger partial charge in [0, 0.05) is 19.2 Å². The summed E-state index contributed by atoms with van der Waals surface area (Å²) in [5.41, 5.74) is 0. The second kappa shape index (κ2) is 6.68. The highest BCUT2D eigenvalue weighted by Gasteiger charge is 2.36. The van der Waals surface area contributed by atoms with Crippen LogP contribution in [0.2, 0.25) is 0 Å². The molecule has 2 heterocycles. The van der Waals surface area contributed by atoms with Crippen LogP contribution in [0.3, 0.4) is 0 Å². The standard InChI is InChI=1S/C14H26N2O3/c1-11(10-19-2)15-8-5-12(6-9-15)16-7-3-4-13(16)14(17)18/h11-13H,3-10H2,1-2H3,(H,17,18). The van der Waals surface area contributed by atoms with Crippen molar-refractivity contribution in [1.82, 2.24) is 9.80 Å². The SMILES string of the molecule is COCC(C)N1CCC(N2CCCC2C(=O)O)CC1. The zero-order valence-corrected chi connectivity index (χ0v) is 12.0. The van der Waals surface area contributed by atoms with Gasteiger partial charge in [-0.25, -0.2) is 0 Å². The molecule has 2 aliphatic rings. The van der Waals surface area contributed by atoms with Gasteiger partial charge in [0.1, 0.15) is 6.04 Å². The molecule has 110 valence electrons. The number of ether oxygens (including phenoxy) is 1. The van der Waals surface area contributed by atoms with Crippen LogP contribution < -0.4 is 0 Å². The van der Waals surface area contributed by atoms with Gasteiger partial charge in [0.15, 0.2) is 0 Å². The summed E-state index contributed by atoms with van der Waals surface area (Å²) in [6.07, 6.45) is 4.00. The van der Waals surface area contributed by atoms with E-state index < -0.39 is 5.97 Å². The summed E-state index contributed by atoms with van der Waals surface area (Å²) in [4.78, 5) is 15.9. The maximum atomic E-state index is 11.2. The summed E-state index contributed by atoms with van der Waals surface area (Å²) in [6.45, 7) is 6.02. The minimum atomic E-state index is -0.646. The molecule has 5 heteroatoms. The van der Waals surface area contributed by atoms with E-state index in [1.807, 2.05) is 0 Å². The quantitative estimate of drug-likeness (QED) is 0.809. The molecule has 0 bridgehead atoms. The Morgan fingerprint density at radius 2 is 2.00 bits per heavy atom. The molecular weight excluding hydrogens is 244 g/mol. The zero-order chi connectivity index (χ0) is 13.8. The molecule has 0 radical (unpaired) electrons. The van der Waals surface area contributed by atoms with Gasteiger partial charge < -0.3 is 9.84 Å². The van der Waals surface area contributed by atoms with E-state index in [0.717, 1.165) is 51.9 Å². The molecule has 0 saturated carbocycles. The number of aliphatic carboxylic acids is 1. The number of hydrogen-bond donors (Lipinski definition) is 1. The first-order chi connectivity index (χ1) is 9.13. The van der Waals surface area contributed by atoms with Gasteiger partial charge in [-0.1, -0.05) is 0 Å². The lowest BCUT2D eigenvalue weighted by Gasteiger charge is -2.40. The molecule has 0 amide bonds. The van der Waals surface area contributed by atoms with E-state index >= 15 is 0 Å². The average molecular weight is 270 g/mol. The number of hydrogen-bond acceptors (Lipinski definition) is 4. The predicted octanol–water partition coefficient (Wildman–Crippen LogP) is 1.03. The van der Waals surface area contributed by atoms with Crippen molar-refractivity contribution in [3.05, 3.63) is 0 Å². The third-order valence-electron chi connectivity index (χ3n) is 4.58. The number of methoxy groups -OCH3 is 1. The van der Waals surface area contributed by atoms with Crippen molar-refractivity contribution in [2.24, 2.45) is 0 Å². The summed E-state index contributed by atoms with van der Waals surface area (Å²) >= 11 is 0. The fraction of sp³-hybridized carbons (Fsp3) is 0.929. The molecule has 5 nitrogen and oxygen atoms in total. The number of carboxylic acids is 1. The Morgan fingerprint density at radius 3 is 2.58 bits per heavy atom. The molecule has 1 N–H and O–H groups in total. The Morgan fingerprint density at radius 1 is 1.32 bits per heavy atom. The lowest BCUT2D eigenvalue weighted by Crippen LogP contribution is -2.51. The van der Waals surface area contributed by atoms with Crippen molar-refractivity contribution < 1.29 is 14.6 Å². The van der Waals surface area contributed by atoms with E-state index in [2.05, 4.69) is 16.7 Å². The van der Waals surface area contributed by atoms with Crippen LogP contribution in [0.4, 0.5) is 0 Å². The van der Waals surface area contributed by atoms with E-state index in [9.17, 15) is 9.90 Å². The van der Waals surface area contributed by atoms with Gasteiger partial charge in [-0.15, -0.1) is 0 Å². The fourth-order valence-electron chi connectivity index (χ4n) is 3.50. The van der Waals surface area contributed by atoms with E-state index in [-0.39, 0.29) is 6.04 Å². The average Bonchev–Trinajstić information content (AvgIpc) is 2.88. The summed E-state index contributed by atoms with van der Waals surface area (Å²) in [7, 11) is 1.74. The van der Waals surface area contributed by atoms with Crippen LogP contribution in [0, 0.1) is 0 Å². The van der Waals surface area contributed by atoms with Gasteiger partial charge in [0.2, 0.25) is 0 Å². The number of rotatable bonds is 5. The molecule has 19 heavy (non-hydrogen) atoms. The van der Waals surface area contributed by atoms with Gasteiger partial charge in [-0.3, -0.25) is 14.6 Å². The summed E-state index contributed by atoms with van der Waals surface area (Å²) in [6, 6.07) is 0.669. The molecule has 0 aromatic carbocycles. The van der Waals surface area contributed by atoms with Crippen molar-refractivity contribution in [3.63, 3.8) is 0 Å². The third-order valence-corrected chi connectivity index (χ3v) is 4.58. The minimum absolute atomic E-state index is 0.243. The van der Waals surface area contributed by atoms with Crippen LogP contribution in [-0.4, -0.2) is 72.4 Å². The van der Waals surface area contributed by atoms with Gasteiger partial charge in [0.25, 0.3) is 0 Å².